The predicted octanol–water partition coefficient (Wildman–Crippen LogP) is 3.35. The summed E-state index contributed by atoms with van der Waals surface area (Å²) in [6, 6.07) is 11.4. The number of amides is 1. The van der Waals surface area contributed by atoms with Crippen LogP contribution in [0, 0.1) is 0 Å². The molecule has 0 aliphatic rings. The third-order valence-corrected chi connectivity index (χ3v) is 4.64. The van der Waals surface area contributed by atoms with E-state index in [2.05, 4.69) is 43.4 Å². The van der Waals surface area contributed by atoms with Crippen LogP contribution in [0.4, 0.5) is 0 Å². The molecule has 162 valence electrons. The largest absolute Gasteiger partial charge is 0.493 e. The normalized spacial score (nSPS) is 10.5. The van der Waals surface area contributed by atoms with E-state index >= 15 is 0 Å². The number of hydrogen-bond donors (Lipinski definition) is 1. The maximum atomic E-state index is 12.4. The summed E-state index contributed by atoms with van der Waals surface area (Å²) in [5.74, 6) is 0.311. The first-order chi connectivity index (χ1) is 14.4. The van der Waals surface area contributed by atoms with Gasteiger partial charge in [-0.3, -0.25) is 4.79 Å². The molecular weight excluding hydrogens is 386 g/mol. The number of carbonyl (C=O) groups is 2. The van der Waals surface area contributed by atoms with E-state index in [0.717, 1.165) is 5.56 Å². The Kier molecular flexibility index (Phi) is 8.53. The lowest BCUT2D eigenvalue weighted by Gasteiger charge is -2.15. The Bertz CT molecular complexity index is 861. The van der Waals surface area contributed by atoms with Gasteiger partial charge in [-0.25, -0.2) is 4.79 Å². The first-order valence-corrected chi connectivity index (χ1v) is 9.72. The number of carbonyl (C=O) groups excluding carboxylic acids is 2. The van der Waals surface area contributed by atoms with Crippen molar-refractivity contribution in [2.24, 2.45) is 0 Å². The Morgan fingerprint density at radius 1 is 0.900 bits per heavy atom. The van der Waals surface area contributed by atoms with Gasteiger partial charge in [-0.2, -0.15) is 0 Å². The second-order valence-corrected chi connectivity index (χ2v) is 6.95. The van der Waals surface area contributed by atoms with Crippen LogP contribution < -0.4 is 19.5 Å². The average molecular weight is 415 g/mol. The van der Waals surface area contributed by atoms with Crippen molar-refractivity contribution in [3.63, 3.8) is 0 Å². The van der Waals surface area contributed by atoms with Gasteiger partial charge in [0.05, 0.1) is 21.3 Å². The highest BCUT2D eigenvalue weighted by Crippen LogP contribution is 2.39. The third-order valence-electron chi connectivity index (χ3n) is 4.64. The standard InChI is InChI=1S/C23H29NO6/c1-15(2)17-8-6-16(7-9-17)12-13-24-20(25)14-30-23(26)18-10-11-19(27-3)22(29-5)21(18)28-4/h6-11,15H,12-14H2,1-5H3,(H,24,25). The molecule has 0 radical (unpaired) electrons. The molecule has 0 aliphatic heterocycles. The van der Waals surface area contributed by atoms with Crippen molar-refractivity contribution < 1.29 is 28.5 Å². The second-order valence-electron chi connectivity index (χ2n) is 6.95. The second kappa shape index (κ2) is 11.1. The van der Waals surface area contributed by atoms with Gasteiger partial charge in [0.1, 0.15) is 5.56 Å². The molecule has 0 aromatic heterocycles. The highest BCUT2D eigenvalue weighted by atomic mass is 16.5. The fourth-order valence-corrected chi connectivity index (χ4v) is 2.94. The minimum atomic E-state index is -0.688. The van der Waals surface area contributed by atoms with Gasteiger partial charge in [0.15, 0.2) is 18.1 Å². The van der Waals surface area contributed by atoms with E-state index in [1.165, 1.54) is 33.0 Å². The Morgan fingerprint density at radius 3 is 2.13 bits per heavy atom. The summed E-state index contributed by atoms with van der Waals surface area (Å²) in [6.45, 7) is 4.36. The summed E-state index contributed by atoms with van der Waals surface area (Å²) in [6.07, 6.45) is 0.696. The molecule has 0 unspecified atom stereocenters. The summed E-state index contributed by atoms with van der Waals surface area (Å²) in [7, 11) is 4.34. The first kappa shape index (κ1) is 23.1. The zero-order chi connectivity index (χ0) is 22.1. The number of esters is 1. The van der Waals surface area contributed by atoms with Gasteiger partial charge in [0.2, 0.25) is 5.75 Å². The highest BCUT2D eigenvalue weighted by molar-refractivity contribution is 5.95. The molecule has 0 fully saturated rings. The van der Waals surface area contributed by atoms with Crippen molar-refractivity contribution >= 4 is 11.9 Å². The maximum absolute atomic E-state index is 12.4. The van der Waals surface area contributed by atoms with E-state index in [0.29, 0.717) is 24.6 Å². The zero-order valence-electron chi connectivity index (χ0n) is 18.1. The fraction of sp³-hybridized carbons (Fsp3) is 0.391. The van der Waals surface area contributed by atoms with E-state index in [9.17, 15) is 9.59 Å². The molecule has 1 amide bonds. The van der Waals surface area contributed by atoms with Crippen LogP contribution in [-0.2, 0) is 16.0 Å². The van der Waals surface area contributed by atoms with Crippen LogP contribution >= 0.6 is 0 Å². The van der Waals surface area contributed by atoms with Crippen LogP contribution in [0.5, 0.6) is 17.2 Å². The molecule has 0 saturated carbocycles. The third kappa shape index (κ3) is 5.89. The summed E-state index contributed by atoms with van der Waals surface area (Å²) < 4.78 is 20.8. The smallest absolute Gasteiger partial charge is 0.342 e. The molecule has 2 aromatic rings. The molecule has 1 N–H and O–H groups in total. The molecule has 0 heterocycles. The summed E-state index contributed by atoms with van der Waals surface area (Å²) >= 11 is 0. The van der Waals surface area contributed by atoms with Crippen LogP contribution in [0.3, 0.4) is 0 Å². The number of benzene rings is 2. The van der Waals surface area contributed by atoms with Crippen molar-refractivity contribution in [2.75, 3.05) is 34.5 Å². The van der Waals surface area contributed by atoms with Gasteiger partial charge in [0.25, 0.3) is 5.91 Å². The first-order valence-electron chi connectivity index (χ1n) is 9.72. The van der Waals surface area contributed by atoms with Crippen molar-refractivity contribution in [3.05, 3.63) is 53.1 Å². The van der Waals surface area contributed by atoms with Gasteiger partial charge in [-0.15, -0.1) is 0 Å². The maximum Gasteiger partial charge on any atom is 0.342 e. The lowest BCUT2D eigenvalue weighted by molar-refractivity contribution is -0.124. The van der Waals surface area contributed by atoms with Crippen molar-refractivity contribution in [1.82, 2.24) is 5.32 Å². The quantitative estimate of drug-likeness (QED) is 0.599. The highest BCUT2D eigenvalue weighted by Gasteiger charge is 2.22. The Hall–Kier alpha value is -3.22. The van der Waals surface area contributed by atoms with Crippen LogP contribution in [0.15, 0.2) is 36.4 Å². The SMILES string of the molecule is COc1ccc(C(=O)OCC(=O)NCCc2ccc(C(C)C)cc2)c(OC)c1OC. The molecule has 7 heteroatoms. The molecule has 2 rings (SSSR count). The van der Waals surface area contributed by atoms with Crippen molar-refractivity contribution in [2.45, 2.75) is 26.2 Å². The summed E-state index contributed by atoms with van der Waals surface area (Å²) in [5.41, 5.74) is 2.56. The Morgan fingerprint density at radius 2 is 1.57 bits per heavy atom. The van der Waals surface area contributed by atoms with E-state index in [1.807, 2.05) is 0 Å². The van der Waals surface area contributed by atoms with E-state index < -0.39 is 5.97 Å². The van der Waals surface area contributed by atoms with Crippen LogP contribution in [0.25, 0.3) is 0 Å². The van der Waals surface area contributed by atoms with E-state index in [4.69, 9.17) is 18.9 Å². The van der Waals surface area contributed by atoms with E-state index in [1.54, 1.807) is 6.07 Å². The van der Waals surface area contributed by atoms with Gasteiger partial charge < -0.3 is 24.3 Å². The lowest BCUT2D eigenvalue weighted by Crippen LogP contribution is -2.30. The topological polar surface area (TPSA) is 83.1 Å². The van der Waals surface area contributed by atoms with Crippen LogP contribution in [0.1, 0.15) is 41.3 Å². The minimum Gasteiger partial charge on any atom is -0.493 e. The number of nitrogens with one attached hydrogen (secondary N) is 1. The molecule has 0 saturated heterocycles. The van der Waals surface area contributed by atoms with Crippen molar-refractivity contribution in [3.8, 4) is 17.2 Å². The average Bonchev–Trinajstić information content (AvgIpc) is 2.76. The molecule has 2 aromatic carbocycles. The Balaban J connectivity index is 1.86. The van der Waals surface area contributed by atoms with Gasteiger partial charge in [-0.05, 0) is 35.6 Å². The molecular formula is C23H29NO6. The molecule has 7 nitrogen and oxygen atoms in total. The van der Waals surface area contributed by atoms with Gasteiger partial charge in [0, 0.05) is 6.54 Å². The predicted molar refractivity (Wildman–Crippen MR) is 114 cm³/mol. The number of ether oxygens (including phenoxy) is 4. The Labute approximate surface area is 177 Å². The monoisotopic (exact) mass is 415 g/mol. The molecule has 0 aliphatic carbocycles. The summed E-state index contributed by atoms with van der Waals surface area (Å²) in [4.78, 5) is 24.4. The number of hydrogen-bond acceptors (Lipinski definition) is 6. The fourth-order valence-electron chi connectivity index (χ4n) is 2.94. The van der Waals surface area contributed by atoms with Gasteiger partial charge in [-0.1, -0.05) is 38.1 Å². The minimum absolute atomic E-state index is 0.146. The molecule has 30 heavy (non-hydrogen) atoms. The number of methoxy groups -OCH3 is 3. The number of rotatable bonds is 10. The molecule has 0 bridgehead atoms. The van der Waals surface area contributed by atoms with Crippen molar-refractivity contribution in [1.29, 1.82) is 0 Å². The molecule has 0 atom stereocenters. The molecule has 0 spiro atoms. The lowest BCUT2D eigenvalue weighted by atomic mass is 10.0. The van der Waals surface area contributed by atoms with Crippen LogP contribution in [0.2, 0.25) is 0 Å². The summed E-state index contributed by atoms with van der Waals surface area (Å²) in [5, 5.41) is 2.75. The van der Waals surface area contributed by atoms with Crippen LogP contribution in [-0.4, -0.2) is 46.4 Å². The zero-order valence-corrected chi connectivity index (χ0v) is 18.1. The van der Waals surface area contributed by atoms with Gasteiger partial charge >= 0.3 is 5.97 Å². The van der Waals surface area contributed by atoms with E-state index in [-0.39, 0.29) is 29.6 Å².